The van der Waals surface area contributed by atoms with Crippen molar-refractivity contribution in [3.63, 3.8) is 0 Å². The van der Waals surface area contributed by atoms with Gasteiger partial charge in [0, 0.05) is 13.1 Å². The van der Waals surface area contributed by atoms with E-state index < -0.39 is 11.9 Å². The number of alkyl halides is 3. The molecule has 1 aliphatic rings. The number of pyridine rings is 1. The Morgan fingerprint density at radius 1 is 1.32 bits per heavy atom. The fourth-order valence-electron chi connectivity index (χ4n) is 1.76. The Bertz CT molecular complexity index is 537. The molecule has 1 aliphatic heterocycles. The first kappa shape index (κ1) is 13.9. The van der Waals surface area contributed by atoms with E-state index in [0.717, 1.165) is 11.0 Å². The third-order valence-electron chi connectivity index (χ3n) is 2.66. The van der Waals surface area contributed by atoms with Crippen LogP contribution in [-0.4, -0.2) is 24.2 Å². The van der Waals surface area contributed by atoms with E-state index in [-0.39, 0.29) is 24.1 Å². The van der Waals surface area contributed by atoms with Crippen molar-refractivity contribution < 1.29 is 13.2 Å². The van der Waals surface area contributed by atoms with Gasteiger partial charge in [-0.3, -0.25) is 0 Å². The minimum absolute atomic E-state index is 0.0508. The van der Waals surface area contributed by atoms with Crippen molar-refractivity contribution in [3.05, 3.63) is 46.8 Å². The number of rotatable bonds is 2. The number of nitrogens with zero attached hydrogens (tertiary/aromatic N) is 2. The highest BCUT2D eigenvalue weighted by Gasteiger charge is 2.39. The van der Waals surface area contributed by atoms with Crippen LogP contribution >= 0.6 is 11.6 Å². The minimum atomic E-state index is -4.46. The van der Waals surface area contributed by atoms with Crippen molar-refractivity contribution in [1.29, 1.82) is 0 Å². The molecule has 0 spiro atoms. The molecule has 0 radical (unpaired) electrons. The summed E-state index contributed by atoms with van der Waals surface area (Å²) in [6.07, 6.45) is -2.06. The second-order valence-electron chi connectivity index (χ2n) is 3.98. The van der Waals surface area contributed by atoms with Crippen LogP contribution in [0, 0.1) is 0 Å². The molecule has 0 bridgehead atoms. The van der Waals surface area contributed by atoms with E-state index >= 15 is 0 Å². The summed E-state index contributed by atoms with van der Waals surface area (Å²) >= 11 is 5.72. The molecule has 0 aromatic carbocycles. The van der Waals surface area contributed by atoms with Crippen LogP contribution in [0.1, 0.15) is 0 Å². The largest absolute Gasteiger partial charge is 0.431 e. The van der Waals surface area contributed by atoms with Crippen LogP contribution in [-0.2, 0) is 0 Å². The molecule has 0 saturated heterocycles. The second kappa shape index (κ2) is 5.22. The van der Waals surface area contributed by atoms with E-state index in [4.69, 9.17) is 17.3 Å². The van der Waals surface area contributed by atoms with E-state index in [1.165, 1.54) is 18.2 Å². The van der Waals surface area contributed by atoms with Gasteiger partial charge in [-0.2, -0.15) is 13.2 Å². The lowest BCUT2D eigenvalue weighted by molar-refractivity contribution is -0.0934. The van der Waals surface area contributed by atoms with Gasteiger partial charge in [-0.15, -0.1) is 0 Å². The maximum atomic E-state index is 13.0. The van der Waals surface area contributed by atoms with Gasteiger partial charge in [0.15, 0.2) is 0 Å². The number of hydrogen-bond donors (Lipinski definition) is 1. The lowest BCUT2D eigenvalue weighted by atomic mass is 10.1. The summed E-state index contributed by atoms with van der Waals surface area (Å²) in [7, 11) is 0. The van der Waals surface area contributed by atoms with Crippen LogP contribution in [0.15, 0.2) is 41.6 Å². The Hall–Kier alpha value is -1.53. The molecule has 2 rings (SSSR count). The normalized spacial score (nSPS) is 16.2. The van der Waals surface area contributed by atoms with Gasteiger partial charge in [0.05, 0.1) is 0 Å². The quantitative estimate of drug-likeness (QED) is 0.851. The molecular weight excluding hydrogens is 279 g/mol. The van der Waals surface area contributed by atoms with E-state index in [2.05, 4.69) is 4.98 Å². The second-order valence-corrected chi connectivity index (χ2v) is 4.37. The first-order valence-electron chi connectivity index (χ1n) is 5.49. The monoisotopic (exact) mass is 289 g/mol. The molecule has 0 saturated carbocycles. The minimum Gasteiger partial charge on any atom is -0.327 e. The van der Waals surface area contributed by atoms with E-state index in [9.17, 15) is 13.2 Å². The topological polar surface area (TPSA) is 42.1 Å². The van der Waals surface area contributed by atoms with Crippen LogP contribution in [0.25, 0.3) is 0 Å². The Balaban J connectivity index is 2.43. The SMILES string of the molecule is NCC1=CC=C(C(F)(F)F)N(c2cccc(Cl)n2)C1. The fourth-order valence-corrected chi connectivity index (χ4v) is 1.92. The zero-order valence-electron chi connectivity index (χ0n) is 9.78. The predicted octanol–water partition coefficient (Wildman–Crippen LogP) is 2.89. The molecule has 0 unspecified atom stereocenters. The van der Waals surface area contributed by atoms with E-state index in [1.807, 2.05) is 0 Å². The van der Waals surface area contributed by atoms with Crippen molar-refractivity contribution in [2.24, 2.45) is 5.73 Å². The predicted molar refractivity (Wildman–Crippen MR) is 67.9 cm³/mol. The number of hydrogen-bond acceptors (Lipinski definition) is 3. The molecule has 1 aromatic rings. The highest BCUT2D eigenvalue weighted by Crippen LogP contribution is 2.34. The standard InChI is InChI=1S/C12H11ClF3N3/c13-10-2-1-3-11(18-10)19-7-8(6-17)4-5-9(19)12(14,15)16/h1-5H,6-7,17H2. The number of halogens is 4. The first-order valence-corrected chi connectivity index (χ1v) is 5.86. The summed E-state index contributed by atoms with van der Waals surface area (Å²) in [4.78, 5) is 4.98. The molecule has 0 fully saturated rings. The highest BCUT2D eigenvalue weighted by molar-refractivity contribution is 6.29. The van der Waals surface area contributed by atoms with Gasteiger partial charge >= 0.3 is 6.18 Å². The van der Waals surface area contributed by atoms with Crippen molar-refractivity contribution >= 4 is 17.4 Å². The zero-order valence-corrected chi connectivity index (χ0v) is 10.5. The number of anilines is 1. The highest BCUT2D eigenvalue weighted by atomic mass is 35.5. The van der Waals surface area contributed by atoms with Crippen molar-refractivity contribution in [1.82, 2.24) is 4.98 Å². The van der Waals surface area contributed by atoms with Crippen LogP contribution in [0.2, 0.25) is 5.15 Å². The van der Waals surface area contributed by atoms with Gasteiger partial charge in [-0.05, 0) is 23.8 Å². The molecule has 2 N–H and O–H groups in total. The third kappa shape index (κ3) is 3.08. The van der Waals surface area contributed by atoms with E-state index in [1.54, 1.807) is 6.07 Å². The van der Waals surface area contributed by atoms with Gasteiger partial charge in [-0.1, -0.05) is 23.7 Å². The smallest absolute Gasteiger partial charge is 0.327 e. The number of nitrogens with two attached hydrogens (primary N) is 1. The summed E-state index contributed by atoms with van der Waals surface area (Å²) in [6.45, 7) is 0.244. The summed E-state index contributed by atoms with van der Waals surface area (Å²) in [5.41, 5.74) is 5.39. The molecule has 0 atom stereocenters. The van der Waals surface area contributed by atoms with Crippen LogP contribution < -0.4 is 10.6 Å². The first-order chi connectivity index (χ1) is 8.91. The number of allylic oxidation sites excluding steroid dienone is 3. The van der Waals surface area contributed by atoms with Crippen molar-refractivity contribution in [2.45, 2.75) is 6.18 Å². The maximum absolute atomic E-state index is 13.0. The number of aromatic nitrogens is 1. The van der Waals surface area contributed by atoms with Crippen LogP contribution in [0.4, 0.5) is 19.0 Å². The molecule has 19 heavy (non-hydrogen) atoms. The van der Waals surface area contributed by atoms with Gasteiger partial charge in [0.2, 0.25) is 0 Å². The zero-order chi connectivity index (χ0) is 14.0. The van der Waals surface area contributed by atoms with Crippen molar-refractivity contribution in [3.8, 4) is 0 Å². The molecule has 2 heterocycles. The third-order valence-corrected chi connectivity index (χ3v) is 2.87. The van der Waals surface area contributed by atoms with Gasteiger partial charge < -0.3 is 10.6 Å². The Morgan fingerprint density at radius 2 is 2.05 bits per heavy atom. The Labute approximate surface area is 113 Å². The molecule has 0 aliphatic carbocycles. The van der Waals surface area contributed by atoms with Crippen molar-refractivity contribution in [2.75, 3.05) is 18.0 Å². The lowest BCUT2D eigenvalue weighted by Gasteiger charge is -2.31. The Morgan fingerprint density at radius 3 is 2.63 bits per heavy atom. The molecule has 0 amide bonds. The molecule has 1 aromatic heterocycles. The average molecular weight is 290 g/mol. The maximum Gasteiger partial charge on any atom is 0.431 e. The van der Waals surface area contributed by atoms with Gasteiger partial charge in [0.1, 0.15) is 16.7 Å². The summed E-state index contributed by atoms with van der Waals surface area (Å²) < 4.78 is 38.9. The fraction of sp³-hybridized carbons (Fsp3) is 0.250. The molecule has 3 nitrogen and oxygen atoms in total. The molecule has 102 valence electrons. The van der Waals surface area contributed by atoms with Gasteiger partial charge in [0.25, 0.3) is 0 Å². The summed E-state index contributed by atoms with van der Waals surface area (Å²) in [5, 5.41) is 0.142. The Kier molecular flexibility index (Phi) is 3.82. The van der Waals surface area contributed by atoms with Gasteiger partial charge in [-0.25, -0.2) is 4.98 Å². The molecule has 7 heteroatoms. The van der Waals surface area contributed by atoms with Crippen LogP contribution in [0.3, 0.4) is 0 Å². The van der Waals surface area contributed by atoms with Crippen LogP contribution in [0.5, 0.6) is 0 Å². The molecular formula is C12H11ClF3N3. The lowest BCUT2D eigenvalue weighted by Crippen LogP contribution is -2.36. The summed E-state index contributed by atoms with van der Waals surface area (Å²) in [5.74, 6) is 0.148. The summed E-state index contributed by atoms with van der Waals surface area (Å²) in [6, 6.07) is 4.54. The average Bonchev–Trinajstić information content (AvgIpc) is 2.37. The van der Waals surface area contributed by atoms with E-state index in [0.29, 0.717) is 5.57 Å².